The van der Waals surface area contributed by atoms with Crippen LogP contribution >= 0.6 is 0 Å². The summed E-state index contributed by atoms with van der Waals surface area (Å²) in [5, 5.41) is 3.78. The molecule has 0 aromatic heterocycles. The Labute approximate surface area is 161 Å². The van der Waals surface area contributed by atoms with E-state index in [1.807, 2.05) is 0 Å². The fourth-order valence-corrected chi connectivity index (χ4v) is 4.40. The molecule has 5 nitrogen and oxygen atoms in total. The third-order valence-corrected chi connectivity index (χ3v) is 5.45. The van der Waals surface area contributed by atoms with Crippen molar-refractivity contribution in [2.45, 2.75) is 31.2 Å². The van der Waals surface area contributed by atoms with Crippen LogP contribution in [0.3, 0.4) is 0 Å². The van der Waals surface area contributed by atoms with E-state index in [-0.39, 0.29) is 0 Å². The van der Waals surface area contributed by atoms with E-state index >= 15 is 0 Å². The van der Waals surface area contributed by atoms with Gasteiger partial charge >= 0.3 is 0 Å². The molecule has 0 bridgehead atoms. The molecule has 2 aromatic carbocycles. The zero-order chi connectivity index (χ0) is 19.4. The SMILES string of the molecule is COc1cccc2c1CCC1C(Cc3ccccc3)NCC21.CS(=O)(=O)O. The van der Waals surface area contributed by atoms with E-state index in [1.165, 1.54) is 23.1 Å². The first-order chi connectivity index (χ1) is 12.9. The first-order valence-electron chi connectivity index (χ1n) is 9.22. The van der Waals surface area contributed by atoms with E-state index in [2.05, 4.69) is 53.8 Å². The van der Waals surface area contributed by atoms with Gasteiger partial charge in [0.05, 0.1) is 13.4 Å². The average Bonchev–Trinajstić information content (AvgIpc) is 3.04. The molecule has 0 saturated carbocycles. The predicted molar refractivity (Wildman–Crippen MR) is 107 cm³/mol. The highest BCUT2D eigenvalue weighted by Gasteiger charge is 2.40. The second-order valence-electron chi connectivity index (χ2n) is 7.27. The Hall–Kier alpha value is -1.89. The third kappa shape index (κ3) is 5.09. The summed E-state index contributed by atoms with van der Waals surface area (Å²) in [6.07, 6.45) is 4.27. The number of benzene rings is 2. The molecule has 6 heteroatoms. The summed E-state index contributed by atoms with van der Waals surface area (Å²) in [6.45, 7) is 1.10. The summed E-state index contributed by atoms with van der Waals surface area (Å²) >= 11 is 0. The van der Waals surface area contributed by atoms with Crippen molar-refractivity contribution in [3.05, 3.63) is 65.2 Å². The zero-order valence-electron chi connectivity index (χ0n) is 15.8. The van der Waals surface area contributed by atoms with Gasteiger partial charge in [0.2, 0.25) is 0 Å². The van der Waals surface area contributed by atoms with Crippen LogP contribution < -0.4 is 10.1 Å². The molecular weight excluding hydrogens is 362 g/mol. The molecule has 4 rings (SSSR count). The Kier molecular flexibility index (Phi) is 6.19. The first-order valence-corrected chi connectivity index (χ1v) is 11.1. The van der Waals surface area contributed by atoms with E-state index in [4.69, 9.17) is 9.29 Å². The fraction of sp³-hybridized carbons (Fsp3) is 0.429. The molecule has 146 valence electrons. The van der Waals surface area contributed by atoms with Gasteiger partial charge in [0.1, 0.15) is 5.75 Å². The summed E-state index contributed by atoms with van der Waals surface area (Å²) in [6, 6.07) is 18.0. The predicted octanol–water partition coefficient (Wildman–Crippen LogP) is 3.06. The Morgan fingerprint density at radius 1 is 1.15 bits per heavy atom. The van der Waals surface area contributed by atoms with Crippen LogP contribution in [0.15, 0.2) is 48.5 Å². The number of hydrogen-bond donors (Lipinski definition) is 2. The second kappa shape index (κ2) is 8.42. The van der Waals surface area contributed by atoms with Gasteiger partial charge in [-0.15, -0.1) is 0 Å². The average molecular weight is 390 g/mol. The normalized spacial score (nSPS) is 23.6. The molecule has 2 aliphatic rings. The fourth-order valence-electron chi connectivity index (χ4n) is 4.40. The lowest BCUT2D eigenvalue weighted by atomic mass is 9.73. The zero-order valence-corrected chi connectivity index (χ0v) is 16.6. The number of hydrogen-bond acceptors (Lipinski definition) is 4. The maximum Gasteiger partial charge on any atom is 0.261 e. The van der Waals surface area contributed by atoms with Gasteiger partial charge in [0.15, 0.2) is 0 Å². The quantitative estimate of drug-likeness (QED) is 0.789. The van der Waals surface area contributed by atoms with Crippen molar-refractivity contribution in [1.82, 2.24) is 5.32 Å². The molecule has 1 heterocycles. The van der Waals surface area contributed by atoms with Gasteiger partial charge in [-0.25, -0.2) is 0 Å². The van der Waals surface area contributed by atoms with E-state index in [1.54, 1.807) is 7.11 Å². The van der Waals surface area contributed by atoms with Gasteiger partial charge in [-0.3, -0.25) is 4.55 Å². The van der Waals surface area contributed by atoms with Gasteiger partial charge in [-0.2, -0.15) is 8.42 Å². The largest absolute Gasteiger partial charge is 0.496 e. The van der Waals surface area contributed by atoms with Crippen LogP contribution in [0, 0.1) is 5.92 Å². The van der Waals surface area contributed by atoms with E-state index in [0.29, 0.717) is 18.2 Å². The van der Waals surface area contributed by atoms with Crippen molar-refractivity contribution in [1.29, 1.82) is 0 Å². The number of fused-ring (bicyclic) bond motifs is 3. The standard InChI is InChI=1S/C20H23NO.CH4O3S/c1-22-20-9-5-8-15-17(20)11-10-16-18(15)13-21-19(16)12-14-6-3-2-4-7-14;1-5(2,3)4/h2-9,16,18-19,21H,10-13H2,1H3;1H3,(H,2,3,4). The van der Waals surface area contributed by atoms with Crippen molar-refractivity contribution in [3.63, 3.8) is 0 Å². The van der Waals surface area contributed by atoms with Crippen molar-refractivity contribution < 1.29 is 17.7 Å². The molecule has 1 aliphatic carbocycles. The maximum absolute atomic E-state index is 9.19. The molecule has 1 aliphatic heterocycles. The maximum atomic E-state index is 9.19. The highest BCUT2D eigenvalue weighted by Crippen LogP contribution is 2.44. The van der Waals surface area contributed by atoms with Crippen molar-refractivity contribution in [2.24, 2.45) is 5.92 Å². The lowest BCUT2D eigenvalue weighted by Crippen LogP contribution is -2.31. The minimum Gasteiger partial charge on any atom is -0.496 e. The van der Waals surface area contributed by atoms with Gasteiger partial charge in [0, 0.05) is 18.5 Å². The minimum absolute atomic E-state index is 0.603. The second-order valence-corrected chi connectivity index (χ2v) is 8.74. The molecule has 2 N–H and O–H groups in total. The van der Waals surface area contributed by atoms with Crippen molar-refractivity contribution >= 4 is 10.1 Å². The highest BCUT2D eigenvalue weighted by atomic mass is 32.2. The van der Waals surface area contributed by atoms with Crippen LogP contribution in [-0.4, -0.2) is 38.9 Å². The monoisotopic (exact) mass is 389 g/mol. The Morgan fingerprint density at radius 3 is 2.52 bits per heavy atom. The van der Waals surface area contributed by atoms with E-state index in [0.717, 1.165) is 31.1 Å². The lowest BCUT2D eigenvalue weighted by molar-refractivity contribution is 0.359. The lowest BCUT2D eigenvalue weighted by Gasteiger charge is -2.31. The van der Waals surface area contributed by atoms with Crippen LogP contribution in [0.4, 0.5) is 0 Å². The molecular formula is C21H27NO4S. The molecule has 1 fully saturated rings. The summed E-state index contributed by atoms with van der Waals surface area (Å²) in [4.78, 5) is 0. The molecule has 0 radical (unpaired) electrons. The van der Waals surface area contributed by atoms with Crippen molar-refractivity contribution in [3.8, 4) is 5.75 Å². The highest BCUT2D eigenvalue weighted by molar-refractivity contribution is 7.85. The Bertz CT molecular complexity index is 859. The summed E-state index contributed by atoms with van der Waals surface area (Å²) in [5.74, 6) is 2.47. The summed E-state index contributed by atoms with van der Waals surface area (Å²) in [5.41, 5.74) is 4.39. The smallest absolute Gasteiger partial charge is 0.261 e. The molecule has 3 unspecified atom stereocenters. The first kappa shape index (κ1) is 19.9. The van der Waals surface area contributed by atoms with Crippen LogP contribution in [0.25, 0.3) is 0 Å². The van der Waals surface area contributed by atoms with Gasteiger partial charge in [-0.05, 0) is 47.9 Å². The topological polar surface area (TPSA) is 75.6 Å². The third-order valence-electron chi connectivity index (χ3n) is 5.45. The van der Waals surface area contributed by atoms with Gasteiger partial charge in [-0.1, -0.05) is 42.5 Å². The van der Waals surface area contributed by atoms with Crippen LogP contribution in [0.2, 0.25) is 0 Å². The Balaban J connectivity index is 0.000000376. The van der Waals surface area contributed by atoms with E-state index < -0.39 is 10.1 Å². The Morgan fingerprint density at radius 2 is 1.85 bits per heavy atom. The van der Waals surface area contributed by atoms with Crippen LogP contribution in [0.1, 0.15) is 29.0 Å². The molecule has 27 heavy (non-hydrogen) atoms. The van der Waals surface area contributed by atoms with Crippen molar-refractivity contribution in [2.75, 3.05) is 19.9 Å². The van der Waals surface area contributed by atoms with Gasteiger partial charge < -0.3 is 10.1 Å². The molecule has 1 saturated heterocycles. The summed E-state index contributed by atoms with van der Waals surface area (Å²) in [7, 11) is -1.88. The van der Waals surface area contributed by atoms with Crippen LogP contribution in [-0.2, 0) is 23.0 Å². The van der Waals surface area contributed by atoms with E-state index in [9.17, 15) is 8.42 Å². The van der Waals surface area contributed by atoms with Gasteiger partial charge in [0.25, 0.3) is 10.1 Å². The molecule has 3 atom stereocenters. The number of nitrogens with one attached hydrogen (secondary N) is 1. The molecule has 0 spiro atoms. The number of methoxy groups -OCH3 is 1. The summed E-state index contributed by atoms with van der Waals surface area (Å²) < 4.78 is 31.4. The number of ether oxygens (including phenoxy) is 1. The minimum atomic E-state index is -3.67. The molecule has 2 aromatic rings. The van der Waals surface area contributed by atoms with Crippen LogP contribution in [0.5, 0.6) is 5.75 Å². The molecule has 0 amide bonds. The number of rotatable bonds is 3.